The van der Waals surface area contributed by atoms with Gasteiger partial charge in [-0.3, -0.25) is 4.90 Å². The van der Waals surface area contributed by atoms with E-state index >= 15 is 0 Å². The number of hydrogen-bond acceptors (Lipinski definition) is 2. The van der Waals surface area contributed by atoms with Crippen molar-refractivity contribution in [3.05, 3.63) is 0 Å². The van der Waals surface area contributed by atoms with E-state index < -0.39 is 12.7 Å². The van der Waals surface area contributed by atoms with E-state index in [1.54, 1.807) is 4.90 Å². The number of halogens is 3. The maximum absolute atomic E-state index is 12.8. The lowest BCUT2D eigenvalue weighted by Gasteiger charge is -2.38. The van der Waals surface area contributed by atoms with Gasteiger partial charge in [0.15, 0.2) is 0 Å². The SMILES string of the molecule is CC(C)CNCC1(CN(CC(F)(F)F)C(C)C)CCCC1. The smallest absolute Gasteiger partial charge is 0.316 e. The van der Waals surface area contributed by atoms with Crippen molar-refractivity contribution in [2.75, 3.05) is 26.2 Å². The predicted molar refractivity (Wildman–Crippen MR) is 81.4 cm³/mol. The predicted octanol–water partition coefficient (Wildman–Crippen LogP) is 4.07. The Morgan fingerprint density at radius 1 is 1.10 bits per heavy atom. The molecular weight excluding hydrogens is 277 g/mol. The molecule has 0 saturated heterocycles. The zero-order valence-corrected chi connectivity index (χ0v) is 13.9. The second kappa shape index (κ2) is 7.82. The summed E-state index contributed by atoms with van der Waals surface area (Å²) in [5.41, 5.74) is 0.0183. The van der Waals surface area contributed by atoms with Gasteiger partial charge in [-0.25, -0.2) is 0 Å². The van der Waals surface area contributed by atoms with Gasteiger partial charge < -0.3 is 5.32 Å². The van der Waals surface area contributed by atoms with E-state index in [1.807, 2.05) is 13.8 Å². The Bertz CT molecular complexity index is 294. The zero-order valence-electron chi connectivity index (χ0n) is 13.9. The second-order valence-corrected chi connectivity index (χ2v) is 7.35. The van der Waals surface area contributed by atoms with E-state index in [0.717, 1.165) is 38.8 Å². The highest BCUT2D eigenvalue weighted by Gasteiger charge is 2.39. The number of rotatable bonds is 8. The molecule has 5 heteroatoms. The maximum atomic E-state index is 12.8. The van der Waals surface area contributed by atoms with Crippen LogP contribution in [0.15, 0.2) is 0 Å². The molecule has 0 amide bonds. The monoisotopic (exact) mass is 308 g/mol. The summed E-state index contributed by atoms with van der Waals surface area (Å²) in [6.45, 7) is 9.55. The van der Waals surface area contributed by atoms with Crippen molar-refractivity contribution in [3.8, 4) is 0 Å². The van der Waals surface area contributed by atoms with Crippen LogP contribution >= 0.6 is 0 Å². The zero-order chi connectivity index (χ0) is 16.1. The number of nitrogens with zero attached hydrogens (tertiary/aromatic N) is 1. The molecule has 0 bridgehead atoms. The minimum atomic E-state index is -4.12. The fraction of sp³-hybridized carbons (Fsp3) is 1.00. The Balaban J connectivity index is 2.65. The quantitative estimate of drug-likeness (QED) is 0.727. The van der Waals surface area contributed by atoms with Crippen LogP contribution in [0.1, 0.15) is 53.4 Å². The summed E-state index contributed by atoms with van der Waals surface area (Å²) in [7, 11) is 0. The third-order valence-electron chi connectivity index (χ3n) is 4.37. The highest BCUT2D eigenvalue weighted by Crippen LogP contribution is 2.39. The van der Waals surface area contributed by atoms with Gasteiger partial charge in [-0.1, -0.05) is 26.7 Å². The Morgan fingerprint density at radius 2 is 1.67 bits per heavy atom. The van der Waals surface area contributed by atoms with Gasteiger partial charge in [0, 0.05) is 19.1 Å². The molecule has 1 saturated carbocycles. The van der Waals surface area contributed by atoms with Crippen molar-refractivity contribution in [3.63, 3.8) is 0 Å². The van der Waals surface area contributed by atoms with Gasteiger partial charge in [0.1, 0.15) is 0 Å². The summed E-state index contributed by atoms with van der Waals surface area (Å²) in [5.74, 6) is 0.569. The van der Waals surface area contributed by atoms with Crippen LogP contribution in [-0.2, 0) is 0 Å². The van der Waals surface area contributed by atoms with E-state index in [1.165, 1.54) is 0 Å². The van der Waals surface area contributed by atoms with Crippen LogP contribution in [0.3, 0.4) is 0 Å². The standard InChI is InChI=1S/C16H31F3N2/c1-13(2)9-20-10-15(7-5-6-8-15)11-21(14(3)4)12-16(17,18)19/h13-14,20H,5-12H2,1-4H3. The number of hydrogen-bond donors (Lipinski definition) is 1. The van der Waals surface area contributed by atoms with Gasteiger partial charge in [0.05, 0.1) is 6.54 Å². The Hall–Kier alpha value is -0.290. The van der Waals surface area contributed by atoms with Crippen molar-refractivity contribution < 1.29 is 13.2 Å². The Labute approximate surface area is 127 Å². The maximum Gasteiger partial charge on any atom is 0.401 e. The first-order chi connectivity index (χ1) is 9.64. The van der Waals surface area contributed by atoms with Gasteiger partial charge in [0.2, 0.25) is 0 Å². The van der Waals surface area contributed by atoms with Gasteiger partial charge in [0.25, 0.3) is 0 Å². The molecule has 0 unspecified atom stereocenters. The van der Waals surface area contributed by atoms with Gasteiger partial charge >= 0.3 is 6.18 Å². The molecule has 0 heterocycles. The van der Waals surface area contributed by atoms with Crippen LogP contribution in [0.4, 0.5) is 13.2 Å². The molecule has 0 atom stereocenters. The first-order valence-electron chi connectivity index (χ1n) is 8.15. The summed E-state index contributed by atoms with van der Waals surface area (Å²) in [4.78, 5) is 1.60. The fourth-order valence-electron chi connectivity index (χ4n) is 3.22. The molecule has 0 aromatic heterocycles. The van der Waals surface area contributed by atoms with E-state index in [2.05, 4.69) is 19.2 Å². The van der Waals surface area contributed by atoms with Crippen LogP contribution < -0.4 is 5.32 Å². The van der Waals surface area contributed by atoms with Crippen LogP contribution in [0, 0.1) is 11.3 Å². The molecule has 0 aromatic rings. The van der Waals surface area contributed by atoms with Crippen LogP contribution in [-0.4, -0.2) is 43.3 Å². The Morgan fingerprint density at radius 3 is 2.10 bits per heavy atom. The van der Waals surface area contributed by atoms with Crippen LogP contribution in [0.25, 0.3) is 0 Å². The molecule has 0 aliphatic heterocycles. The average Bonchev–Trinajstić information content (AvgIpc) is 2.74. The van der Waals surface area contributed by atoms with Crippen molar-refractivity contribution in [1.82, 2.24) is 10.2 Å². The average molecular weight is 308 g/mol. The topological polar surface area (TPSA) is 15.3 Å². The lowest BCUT2D eigenvalue weighted by Crippen LogP contribution is -2.48. The first kappa shape index (κ1) is 18.8. The van der Waals surface area contributed by atoms with E-state index in [9.17, 15) is 13.2 Å². The molecule has 0 aromatic carbocycles. The largest absolute Gasteiger partial charge is 0.401 e. The van der Waals surface area contributed by atoms with Crippen LogP contribution in [0.5, 0.6) is 0 Å². The third-order valence-corrected chi connectivity index (χ3v) is 4.37. The van der Waals surface area contributed by atoms with Crippen LogP contribution in [0.2, 0.25) is 0 Å². The fourth-order valence-corrected chi connectivity index (χ4v) is 3.22. The molecule has 1 N–H and O–H groups in total. The van der Waals surface area contributed by atoms with Crippen molar-refractivity contribution >= 4 is 0 Å². The minimum absolute atomic E-state index is 0.0183. The molecule has 1 fully saturated rings. The molecule has 1 aliphatic rings. The summed E-state index contributed by atoms with van der Waals surface area (Å²) in [6, 6.07) is -0.0748. The molecule has 0 spiro atoms. The second-order valence-electron chi connectivity index (χ2n) is 7.35. The van der Waals surface area contributed by atoms with Crippen molar-refractivity contribution in [1.29, 1.82) is 0 Å². The molecule has 21 heavy (non-hydrogen) atoms. The van der Waals surface area contributed by atoms with E-state index in [0.29, 0.717) is 12.5 Å². The molecule has 1 aliphatic carbocycles. The summed E-state index contributed by atoms with van der Waals surface area (Å²) in [6.07, 6.45) is 0.246. The number of alkyl halides is 3. The molecule has 0 radical (unpaired) electrons. The molecule has 1 rings (SSSR count). The minimum Gasteiger partial charge on any atom is -0.316 e. The highest BCUT2D eigenvalue weighted by atomic mass is 19.4. The third kappa shape index (κ3) is 7.00. The Kier molecular flexibility index (Phi) is 6.98. The summed E-state index contributed by atoms with van der Waals surface area (Å²) < 4.78 is 38.3. The summed E-state index contributed by atoms with van der Waals surface area (Å²) in [5, 5.41) is 3.47. The van der Waals surface area contributed by atoms with Gasteiger partial charge in [-0.15, -0.1) is 0 Å². The molecule has 126 valence electrons. The normalized spacial score (nSPS) is 19.1. The lowest BCUT2D eigenvalue weighted by molar-refractivity contribution is -0.153. The van der Waals surface area contributed by atoms with Crippen molar-refractivity contribution in [2.45, 2.75) is 65.6 Å². The van der Waals surface area contributed by atoms with Gasteiger partial charge in [-0.05, 0) is 44.6 Å². The lowest BCUT2D eigenvalue weighted by atomic mass is 9.84. The molecular formula is C16H31F3N2. The van der Waals surface area contributed by atoms with Crippen molar-refractivity contribution in [2.24, 2.45) is 11.3 Å². The summed E-state index contributed by atoms with van der Waals surface area (Å²) >= 11 is 0. The molecule has 2 nitrogen and oxygen atoms in total. The number of nitrogens with one attached hydrogen (secondary N) is 1. The van der Waals surface area contributed by atoms with Gasteiger partial charge in [-0.2, -0.15) is 13.2 Å². The first-order valence-corrected chi connectivity index (χ1v) is 8.15. The van der Waals surface area contributed by atoms with E-state index in [4.69, 9.17) is 0 Å². The van der Waals surface area contributed by atoms with E-state index in [-0.39, 0.29) is 11.5 Å². The highest BCUT2D eigenvalue weighted by molar-refractivity contribution is 4.90.